The topological polar surface area (TPSA) is 76.4 Å². The number of hydrogen-bond acceptors (Lipinski definition) is 4. The van der Waals surface area contributed by atoms with Gasteiger partial charge in [-0.15, -0.1) is 0 Å². The number of nitrogens with zero attached hydrogens (tertiary/aromatic N) is 3. The van der Waals surface area contributed by atoms with Crippen LogP contribution in [0.3, 0.4) is 0 Å². The number of amides is 2. The summed E-state index contributed by atoms with van der Waals surface area (Å²) in [5, 5.41) is 11.5. The number of carbonyl (C=O) groups is 2. The fourth-order valence-corrected chi connectivity index (χ4v) is 2.43. The minimum atomic E-state index is -0.349. The maximum absolute atomic E-state index is 12.1. The van der Waals surface area contributed by atoms with E-state index in [1.807, 2.05) is 6.07 Å². The molecule has 6 nitrogen and oxygen atoms in total. The van der Waals surface area contributed by atoms with E-state index in [1.165, 1.54) is 0 Å². The molecular formula is C16H20N4O2. The van der Waals surface area contributed by atoms with Crippen molar-refractivity contribution in [3.8, 4) is 6.07 Å². The first-order valence-electron chi connectivity index (χ1n) is 7.42. The zero-order valence-electron chi connectivity index (χ0n) is 12.7. The average Bonchev–Trinajstić information content (AvgIpc) is 2.55. The molecule has 2 rings (SSSR count). The third-order valence-corrected chi connectivity index (χ3v) is 3.76. The van der Waals surface area contributed by atoms with Crippen LogP contribution in [0.2, 0.25) is 0 Å². The first-order chi connectivity index (χ1) is 10.6. The number of anilines is 1. The van der Waals surface area contributed by atoms with Crippen molar-refractivity contribution in [2.75, 3.05) is 38.0 Å². The van der Waals surface area contributed by atoms with Gasteiger partial charge in [-0.3, -0.25) is 9.59 Å². The lowest BCUT2D eigenvalue weighted by atomic mass is 10.2. The molecule has 1 N–H and O–H groups in total. The lowest BCUT2D eigenvalue weighted by Gasteiger charge is -2.33. The Morgan fingerprint density at radius 2 is 2.00 bits per heavy atom. The van der Waals surface area contributed by atoms with Crippen molar-refractivity contribution < 1.29 is 9.59 Å². The van der Waals surface area contributed by atoms with E-state index in [0.717, 1.165) is 19.6 Å². The first-order valence-corrected chi connectivity index (χ1v) is 7.42. The molecule has 1 aromatic carbocycles. The van der Waals surface area contributed by atoms with Gasteiger partial charge in [-0.05, 0) is 24.7 Å². The highest BCUT2D eigenvalue weighted by Gasteiger charge is 2.21. The average molecular weight is 300 g/mol. The highest BCUT2D eigenvalue weighted by Crippen LogP contribution is 2.11. The zero-order chi connectivity index (χ0) is 15.9. The molecular weight excluding hydrogens is 280 g/mol. The van der Waals surface area contributed by atoms with Crippen molar-refractivity contribution in [3.05, 3.63) is 29.8 Å². The fraction of sp³-hybridized carbons (Fsp3) is 0.438. The smallest absolute Gasteiger partial charge is 0.233 e. The van der Waals surface area contributed by atoms with Crippen molar-refractivity contribution in [2.24, 2.45) is 0 Å². The van der Waals surface area contributed by atoms with Crippen molar-refractivity contribution in [1.29, 1.82) is 5.26 Å². The Labute approximate surface area is 130 Å². The molecule has 0 saturated carbocycles. The van der Waals surface area contributed by atoms with Gasteiger partial charge in [-0.1, -0.05) is 13.0 Å². The van der Waals surface area contributed by atoms with Crippen molar-refractivity contribution >= 4 is 17.5 Å². The summed E-state index contributed by atoms with van der Waals surface area (Å²) in [6, 6.07) is 8.65. The van der Waals surface area contributed by atoms with Gasteiger partial charge in [0.2, 0.25) is 11.8 Å². The Balaban J connectivity index is 1.84. The maximum Gasteiger partial charge on any atom is 0.233 e. The molecule has 1 aromatic rings. The van der Waals surface area contributed by atoms with Crippen molar-refractivity contribution in [2.45, 2.75) is 13.3 Å². The Morgan fingerprint density at radius 3 is 2.64 bits per heavy atom. The highest BCUT2D eigenvalue weighted by atomic mass is 16.2. The van der Waals surface area contributed by atoms with Gasteiger partial charge in [-0.2, -0.15) is 5.26 Å². The second-order valence-electron chi connectivity index (χ2n) is 5.23. The molecule has 2 amide bonds. The predicted octanol–water partition coefficient (Wildman–Crippen LogP) is 1.05. The number of nitrogens with one attached hydrogen (secondary N) is 1. The number of carbonyl (C=O) groups excluding carboxylic acids is 2. The molecule has 1 saturated heterocycles. The largest absolute Gasteiger partial charge is 0.340 e. The molecule has 1 heterocycles. The van der Waals surface area contributed by atoms with E-state index in [1.54, 1.807) is 29.2 Å². The molecule has 0 unspecified atom stereocenters. The third kappa shape index (κ3) is 4.30. The molecule has 0 radical (unpaired) electrons. The number of nitriles is 1. The van der Waals surface area contributed by atoms with E-state index < -0.39 is 0 Å². The lowest BCUT2D eigenvalue weighted by Crippen LogP contribution is -2.49. The Morgan fingerprint density at radius 1 is 1.27 bits per heavy atom. The summed E-state index contributed by atoms with van der Waals surface area (Å²) in [6.07, 6.45) is -0.164. The predicted molar refractivity (Wildman–Crippen MR) is 83.1 cm³/mol. The van der Waals surface area contributed by atoms with E-state index >= 15 is 0 Å². The fourth-order valence-electron chi connectivity index (χ4n) is 2.43. The Kier molecular flexibility index (Phi) is 5.50. The second-order valence-corrected chi connectivity index (χ2v) is 5.23. The van der Waals surface area contributed by atoms with Gasteiger partial charge in [0, 0.05) is 31.9 Å². The van der Waals surface area contributed by atoms with Crippen LogP contribution in [-0.4, -0.2) is 54.3 Å². The van der Waals surface area contributed by atoms with Crippen LogP contribution in [0.1, 0.15) is 18.9 Å². The summed E-state index contributed by atoms with van der Waals surface area (Å²) in [7, 11) is 0. The van der Waals surface area contributed by atoms with E-state index in [0.29, 0.717) is 24.3 Å². The minimum absolute atomic E-state index is 0.148. The van der Waals surface area contributed by atoms with Crippen LogP contribution in [-0.2, 0) is 9.59 Å². The Bertz CT molecular complexity index is 586. The first kappa shape index (κ1) is 16.0. The Hall–Kier alpha value is -2.39. The number of piperazine rings is 1. The quantitative estimate of drug-likeness (QED) is 0.843. The molecule has 0 atom stereocenters. The highest BCUT2D eigenvalue weighted by molar-refractivity contribution is 6.03. The summed E-state index contributed by atoms with van der Waals surface area (Å²) >= 11 is 0. The number of rotatable bonds is 4. The number of hydrogen-bond donors (Lipinski definition) is 1. The minimum Gasteiger partial charge on any atom is -0.340 e. The van der Waals surface area contributed by atoms with Gasteiger partial charge in [0.25, 0.3) is 0 Å². The van der Waals surface area contributed by atoms with Gasteiger partial charge in [-0.25, -0.2) is 0 Å². The summed E-state index contributed by atoms with van der Waals surface area (Å²) in [5.41, 5.74) is 1.01. The van der Waals surface area contributed by atoms with Gasteiger partial charge >= 0.3 is 0 Å². The van der Waals surface area contributed by atoms with E-state index in [2.05, 4.69) is 17.1 Å². The number of likely N-dealkylation sites (N-methyl/N-ethyl adjacent to an activating group) is 1. The molecule has 116 valence electrons. The molecule has 6 heteroatoms. The van der Waals surface area contributed by atoms with Crippen molar-refractivity contribution in [3.63, 3.8) is 0 Å². The van der Waals surface area contributed by atoms with Gasteiger partial charge in [0.1, 0.15) is 6.42 Å². The van der Waals surface area contributed by atoms with E-state index in [4.69, 9.17) is 5.26 Å². The molecule has 1 aliphatic heterocycles. The van der Waals surface area contributed by atoms with Crippen LogP contribution in [0.25, 0.3) is 0 Å². The summed E-state index contributed by atoms with van der Waals surface area (Å²) < 4.78 is 0. The molecule has 0 aromatic heterocycles. The summed E-state index contributed by atoms with van der Waals surface area (Å²) in [4.78, 5) is 28.1. The van der Waals surface area contributed by atoms with Crippen LogP contribution in [0.4, 0.5) is 5.69 Å². The van der Waals surface area contributed by atoms with Crippen LogP contribution in [0.5, 0.6) is 0 Å². The van der Waals surface area contributed by atoms with E-state index in [-0.39, 0.29) is 18.2 Å². The van der Waals surface area contributed by atoms with Crippen LogP contribution in [0, 0.1) is 11.3 Å². The normalized spacial score (nSPS) is 15.2. The monoisotopic (exact) mass is 300 g/mol. The molecule has 1 fully saturated rings. The summed E-state index contributed by atoms with van der Waals surface area (Å²) in [6.45, 7) is 6.13. The second kappa shape index (κ2) is 7.57. The van der Waals surface area contributed by atoms with Gasteiger partial charge in [0.05, 0.1) is 11.6 Å². The molecule has 22 heavy (non-hydrogen) atoms. The molecule has 0 aliphatic carbocycles. The standard InChI is InChI=1S/C16H20N4O2/c1-2-19-6-8-20(9-7-19)16(22)11-15(21)18-14-5-3-4-13(10-14)12-17/h3-5,10H,2,6-9,11H2,1H3,(H,18,21). The van der Waals surface area contributed by atoms with Crippen LogP contribution in [0.15, 0.2) is 24.3 Å². The maximum atomic E-state index is 12.1. The molecule has 0 bridgehead atoms. The van der Waals surface area contributed by atoms with Crippen molar-refractivity contribution in [1.82, 2.24) is 9.80 Å². The zero-order valence-corrected chi connectivity index (χ0v) is 12.7. The SMILES string of the molecule is CCN1CCN(C(=O)CC(=O)Nc2cccc(C#N)c2)CC1. The number of benzene rings is 1. The molecule has 1 aliphatic rings. The molecule has 0 spiro atoms. The van der Waals surface area contributed by atoms with Crippen LogP contribution >= 0.6 is 0 Å². The van der Waals surface area contributed by atoms with Crippen LogP contribution < -0.4 is 5.32 Å². The third-order valence-electron chi connectivity index (χ3n) is 3.76. The summed E-state index contributed by atoms with van der Waals surface area (Å²) in [5.74, 6) is -0.497. The van der Waals surface area contributed by atoms with E-state index in [9.17, 15) is 9.59 Å². The van der Waals surface area contributed by atoms with Gasteiger partial charge in [0.15, 0.2) is 0 Å². The van der Waals surface area contributed by atoms with Gasteiger partial charge < -0.3 is 15.1 Å². The lowest BCUT2D eigenvalue weighted by molar-refractivity contribution is -0.136.